The number of hydrogen-bond acceptors (Lipinski definition) is 3. The molecule has 194 valence electrons. The van der Waals surface area contributed by atoms with Gasteiger partial charge in [-0.3, -0.25) is 10.1 Å². The molecule has 0 aliphatic carbocycles. The number of hydrogen-bond donors (Lipinski definition) is 0. The average Bonchev–Trinajstić information content (AvgIpc) is 3.58. The van der Waals surface area contributed by atoms with E-state index in [0.29, 0.717) is 16.7 Å². The zero-order valence-corrected chi connectivity index (χ0v) is 21.8. The van der Waals surface area contributed by atoms with Crippen molar-refractivity contribution in [3.05, 3.63) is 144 Å². The first kappa shape index (κ1) is 23.2. The Morgan fingerprint density at radius 1 is 0.537 bits per heavy atom. The minimum absolute atomic E-state index is 0.0539. The van der Waals surface area contributed by atoms with Crippen LogP contribution >= 0.6 is 0 Å². The molecule has 0 unspecified atom stereocenters. The lowest BCUT2D eigenvalue weighted by Gasteiger charge is -2.09. The molecule has 0 saturated heterocycles. The highest BCUT2D eigenvalue weighted by Gasteiger charge is 2.22. The maximum absolute atomic E-state index is 11.9. The van der Waals surface area contributed by atoms with Gasteiger partial charge < -0.3 is 8.98 Å². The van der Waals surface area contributed by atoms with Crippen molar-refractivity contribution in [2.24, 2.45) is 0 Å². The van der Waals surface area contributed by atoms with Crippen molar-refractivity contribution in [3.63, 3.8) is 0 Å². The van der Waals surface area contributed by atoms with Gasteiger partial charge in [0.2, 0.25) is 0 Å². The molecule has 8 aromatic rings. The van der Waals surface area contributed by atoms with E-state index in [-0.39, 0.29) is 10.6 Å². The highest BCUT2D eigenvalue weighted by atomic mass is 16.6. The van der Waals surface area contributed by atoms with Gasteiger partial charge in [-0.2, -0.15) is 0 Å². The van der Waals surface area contributed by atoms with Crippen LogP contribution in [0.2, 0.25) is 0 Å². The van der Waals surface area contributed by atoms with Crippen molar-refractivity contribution < 1.29 is 9.34 Å². The molecule has 2 heterocycles. The second-order valence-electron chi connectivity index (χ2n) is 10.2. The fraction of sp³-hybridized carbons (Fsp3) is 0. The van der Waals surface area contributed by atoms with E-state index in [1.165, 1.54) is 11.6 Å². The summed E-state index contributed by atoms with van der Waals surface area (Å²) in [6, 6.07) is 44.2. The van der Waals surface area contributed by atoms with Crippen molar-refractivity contribution in [3.8, 4) is 27.9 Å². The summed E-state index contributed by atoms with van der Waals surface area (Å²) in [5, 5.41) is 16.0. The van der Waals surface area contributed by atoms with Crippen LogP contribution in [-0.2, 0) is 0 Å². The molecule has 0 saturated carbocycles. The second kappa shape index (κ2) is 8.93. The number of aromatic nitrogens is 1. The molecule has 2 aromatic heterocycles. The van der Waals surface area contributed by atoms with E-state index in [4.69, 9.17) is 4.42 Å². The van der Waals surface area contributed by atoms with Crippen LogP contribution in [0.25, 0.3) is 71.7 Å². The van der Waals surface area contributed by atoms with Crippen LogP contribution in [0.15, 0.2) is 138 Å². The summed E-state index contributed by atoms with van der Waals surface area (Å²) in [5.41, 5.74) is 8.10. The topological polar surface area (TPSA) is 61.2 Å². The molecule has 6 aromatic carbocycles. The van der Waals surface area contributed by atoms with Crippen molar-refractivity contribution in [2.45, 2.75) is 0 Å². The number of rotatable bonds is 4. The largest absolute Gasteiger partial charge is 0.453 e. The third-order valence-electron chi connectivity index (χ3n) is 7.92. The highest BCUT2D eigenvalue weighted by Crippen LogP contribution is 2.43. The van der Waals surface area contributed by atoms with Gasteiger partial charge in [0, 0.05) is 38.9 Å². The summed E-state index contributed by atoms with van der Waals surface area (Å²) in [7, 11) is 0. The van der Waals surface area contributed by atoms with Crippen LogP contribution in [0.4, 0.5) is 5.69 Å². The van der Waals surface area contributed by atoms with Gasteiger partial charge in [-0.05, 0) is 41.5 Å². The van der Waals surface area contributed by atoms with Crippen molar-refractivity contribution >= 4 is 49.4 Å². The zero-order valence-electron chi connectivity index (χ0n) is 21.8. The predicted molar refractivity (Wildman–Crippen MR) is 166 cm³/mol. The van der Waals surface area contributed by atoms with Gasteiger partial charge in [0.05, 0.1) is 21.5 Å². The van der Waals surface area contributed by atoms with Gasteiger partial charge in [-0.1, -0.05) is 97.1 Å². The van der Waals surface area contributed by atoms with E-state index in [9.17, 15) is 10.1 Å². The maximum Gasteiger partial charge on any atom is 0.277 e. The molecule has 0 bridgehead atoms. The number of para-hydroxylation sites is 3. The van der Waals surface area contributed by atoms with Crippen LogP contribution in [0.5, 0.6) is 0 Å². The Bertz CT molecular complexity index is 2280. The fourth-order valence-corrected chi connectivity index (χ4v) is 6.08. The number of nitrogens with zero attached hydrogens (tertiary/aromatic N) is 2. The molecular weight excluding hydrogens is 508 g/mol. The molecule has 8 rings (SSSR count). The third kappa shape index (κ3) is 3.49. The minimum atomic E-state index is -0.341. The molecular formula is C36H22N2O3. The highest BCUT2D eigenvalue weighted by molar-refractivity contribution is 6.22. The molecule has 5 nitrogen and oxygen atoms in total. The monoisotopic (exact) mass is 530 g/mol. The third-order valence-corrected chi connectivity index (χ3v) is 7.92. The molecule has 0 radical (unpaired) electrons. The van der Waals surface area contributed by atoms with E-state index in [1.807, 2.05) is 42.5 Å². The van der Waals surface area contributed by atoms with E-state index >= 15 is 0 Å². The Hall–Kier alpha value is -5.68. The Balaban J connectivity index is 1.43. The zero-order chi connectivity index (χ0) is 27.5. The minimum Gasteiger partial charge on any atom is -0.453 e. The molecule has 0 aliphatic heterocycles. The number of furan rings is 1. The summed E-state index contributed by atoms with van der Waals surface area (Å²) in [6.45, 7) is 0. The second-order valence-corrected chi connectivity index (χ2v) is 10.2. The Labute approximate surface area is 234 Å². The number of fused-ring (bicyclic) bond motifs is 7. The maximum atomic E-state index is 11.9. The average molecular weight is 531 g/mol. The molecule has 41 heavy (non-hydrogen) atoms. The van der Waals surface area contributed by atoms with Gasteiger partial charge in [-0.25, -0.2) is 0 Å². The Kier molecular flexibility index (Phi) is 5.06. The first-order chi connectivity index (χ1) is 20.2. The number of nitro groups is 1. The molecule has 5 heteroatoms. The van der Waals surface area contributed by atoms with Gasteiger partial charge in [0.15, 0.2) is 5.58 Å². The molecule has 0 aliphatic rings. The fourth-order valence-electron chi connectivity index (χ4n) is 6.08. The normalized spacial score (nSPS) is 11.6. The van der Waals surface area contributed by atoms with Gasteiger partial charge in [0.25, 0.3) is 5.69 Å². The van der Waals surface area contributed by atoms with Crippen LogP contribution in [0.3, 0.4) is 0 Å². The molecule has 0 N–H and O–H groups in total. The summed E-state index contributed by atoms with van der Waals surface area (Å²) in [5.74, 6) is 0. The summed E-state index contributed by atoms with van der Waals surface area (Å²) in [6.07, 6.45) is 0. The van der Waals surface area contributed by atoms with Crippen LogP contribution < -0.4 is 0 Å². The summed E-state index contributed by atoms with van der Waals surface area (Å²) in [4.78, 5) is 11.5. The van der Waals surface area contributed by atoms with E-state index in [0.717, 1.165) is 49.4 Å². The molecule has 0 atom stereocenters. The van der Waals surface area contributed by atoms with Crippen LogP contribution in [-0.4, -0.2) is 9.49 Å². The predicted octanol–water partition coefficient (Wildman–Crippen LogP) is 9.93. The van der Waals surface area contributed by atoms with Gasteiger partial charge in [-0.15, -0.1) is 0 Å². The lowest BCUT2D eigenvalue weighted by Crippen LogP contribution is -1.94. The van der Waals surface area contributed by atoms with E-state index in [1.54, 1.807) is 12.1 Å². The number of benzene rings is 6. The quantitative estimate of drug-likeness (QED) is 0.168. The summed E-state index contributed by atoms with van der Waals surface area (Å²) < 4.78 is 8.99. The summed E-state index contributed by atoms with van der Waals surface area (Å²) >= 11 is 0. The SMILES string of the molecule is O=[N+]([O-])c1ccccc1-c1cccc2c1oc1c2ccc2c3ccccc3n(-c3ccc(-c4ccccc4)cc3)c21. The van der Waals surface area contributed by atoms with Crippen molar-refractivity contribution in [2.75, 3.05) is 0 Å². The lowest BCUT2D eigenvalue weighted by molar-refractivity contribution is -0.384. The first-order valence-corrected chi connectivity index (χ1v) is 13.5. The van der Waals surface area contributed by atoms with E-state index in [2.05, 4.69) is 77.4 Å². The van der Waals surface area contributed by atoms with Gasteiger partial charge >= 0.3 is 0 Å². The first-order valence-electron chi connectivity index (χ1n) is 13.5. The van der Waals surface area contributed by atoms with Crippen molar-refractivity contribution in [1.29, 1.82) is 0 Å². The smallest absolute Gasteiger partial charge is 0.277 e. The molecule has 0 fully saturated rings. The van der Waals surface area contributed by atoms with Crippen LogP contribution in [0, 0.1) is 10.1 Å². The van der Waals surface area contributed by atoms with E-state index < -0.39 is 0 Å². The lowest BCUT2D eigenvalue weighted by atomic mass is 10.0. The number of nitro benzene ring substituents is 1. The molecule has 0 spiro atoms. The van der Waals surface area contributed by atoms with Gasteiger partial charge in [0.1, 0.15) is 5.58 Å². The van der Waals surface area contributed by atoms with Crippen LogP contribution in [0.1, 0.15) is 0 Å². The Morgan fingerprint density at radius 2 is 1.17 bits per heavy atom. The van der Waals surface area contributed by atoms with Crippen molar-refractivity contribution in [1.82, 2.24) is 4.57 Å². The standard InChI is InChI=1S/C36H22N2O3/c39-38(40)33-16-7-5-12-27(33)29-13-8-14-30-31-22-21-28-26-11-4-6-15-32(26)37(34(28)36(31)41-35(29)30)25-19-17-24(18-20-25)23-9-2-1-3-10-23/h1-22H. The Morgan fingerprint density at radius 3 is 2.00 bits per heavy atom. The molecule has 0 amide bonds.